The van der Waals surface area contributed by atoms with Crippen LogP contribution in [0.3, 0.4) is 0 Å². The zero-order valence-corrected chi connectivity index (χ0v) is 9.39. The molecule has 0 spiro atoms. The molecule has 0 saturated carbocycles. The first-order valence-electron chi connectivity index (χ1n) is 5.44. The summed E-state index contributed by atoms with van der Waals surface area (Å²) in [4.78, 5) is 6.35. The minimum absolute atomic E-state index is 0.581. The summed E-state index contributed by atoms with van der Waals surface area (Å²) in [5.41, 5.74) is 0.652. The van der Waals surface area contributed by atoms with Gasteiger partial charge in [-0.2, -0.15) is 5.26 Å². The Hall–Kier alpha value is -1.60. The Balaban J connectivity index is 2.02. The molecule has 2 rings (SSSR count). The van der Waals surface area contributed by atoms with Gasteiger partial charge in [-0.25, -0.2) is 4.98 Å². The van der Waals surface area contributed by atoms with E-state index in [1.807, 2.05) is 13.1 Å². The monoisotopic (exact) mass is 217 g/mol. The van der Waals surface area contributed by atoms with Gasteiger partial charge in [-0.05, 0) is 18.6 Å². The van der Waals surface area contributed by atoms with E-state index in [0.29, 0.717) is 11.5 Å². The van der Waals surface area contributed by atoms with E-state index in [0.717, 1.165) is 32.0 Å². The van der Waals surface area contributed by atoms with E-state index in [1.54, 1.807) is 12.3 Å². The first kappa shape index (κ1) is 10.9. The molecule has 0 amide bonds. The lowest BCUT2D eigenvalue weighted by atomic mass is 10.1. The van der Waals surface area contributed by atoms with Crippen molar-refractivity contribution >= 4 is 5.82 Å². The van der Waals surface area contributed by atoms with Crippen molar-refractivity contribution in [1.82, 2.24) is 4.98 Å². The lowest BCUT2D eigenvalue weighted by molar-refractivity contribution is 0.186. The second-order valence-electron chi connectivity index (χ2n) is 4.12. The normalized spacial score (nSPS) is 19.4. The van der Waals surface area contributed by atoms with Crippen LogP contribution >= 0.6 is 0 Å². The highest BCUT2D eigenvalue weighted by Crippen LogP contribution is 2.17. The van der Waals surface area contributed by atoms with Gasteiger partial charge in [0.1, 0.15) is 5.82 Å². The summed E-state index contributed by atoms with van der Waals surface area (Å²) in [6, 6.07) is 5.66. The van der Waals surface area contributed by atoms with Crippen LogP contribution in [0.2, 0.25) is 0 Å². The van der Waals surface area contributed by atoms with Crippen LogP contribution in [-0.4, -0.2) is 31.8 Å². The van der Waals surface area contributed by atoms with Crippen molar-refractivity contribution in [3.63, 3.8) is 0 Å². The van der Waals surface area contributed by atoms with E-state index in [1.165, 1.54) is 0 Å². The van der Waals surface area contributed by atoms with Crippen molar-refractivity contribution in [1.29, 1.82) is 5.26 Å². The topological polar surface area (TPSA) is 49.1 Å². The minimum atomic E-state index is 0.581. The second kappa shape index (κ2) is 4.95. The first-order valence-corrected chi connectivity index (χ1v) is 5.44. The van der Waals surface area contributed by atoms with E-state index in [9.17, 15) is 0 Å². The van der Waals surface area contributed by atoms with E-state index < -0.39 is 0 Å². The predicted molar refractivity (Wildman–Crippen MR) is 61.1 cm³/mol. The quantitative estimate of drug-likeness (QED) is 0.768. The molecule has 4 nitrogen and oxygen atoms in total. The molecule has 1 saturated heterocycles. The summed E-state index contributed by atoms with van der Waals surface area (Å²) in [6.07, 6.45) is 2.79. The van der Waals surface area contributed by atoms with Gasteiger partial charge in [-0.3, -0.25) is 0 Å². The Morgan fingerprint density at radius 3 is 3.25 bits per heavy atom. The summed E-state index contributed by atoms with van der Waals surface area (Å²) < 4.78 is 5.34. The summed E-state index contributed by atoms with van der Waals surface area (Å²) in [5, 5.41) is 8.81. The van der Waals surface area contributed by atoms with Crippen LogP contribution in [0.4, 0.5) is 5.82 Å². The Kier molecular flexibility index (Phi) is 3.37. The number of nitrogens with zero attached hydrogens (tertiary/aromatic N) is 3. The molecule has 0 aliphatic carbocycles. The summed E-state index contributed by atoms with van der Waals surface area (Å²) >= 11 is 0. The maximum Gasteiger partial charge on any atom is 0.129 e. The lowest BCUT2D eigenvalue weighted by Crippen LogP contribution is -2.26. The molecule has 0 radical (unpaired) electrons. The molecular weight excluding hydrogens is 202 g/mol. The fraction of sp³-hybridized carbons (Fsp3) is 0.500. The average molecular weight is 217 g/mol. The van der Waals surface area contributed by atoms with Crippen LogP contribution in [0.5, 0.6) is 0 Å². The molecule has 1 unspecified atom stereocenters. The van der Waals surface area contributed by atoms with E-state index in [-0.39, 0.29) is 0 Å². The molecule has 0 aromatic carbocycles. The molecule has 16 heavy (non-hydrogen) atoms. The number of hydrogen-bond donors (Lipinski definition) is 0. The van der Waals surface area contributed by atoms with Gasteiger partial charge in [0.2, 0.25) is 0 Å². The van der Waals surface area contributed by atoms with Gasteiger partial charge in [-0.1, -0.05) is 0 Å². The summed E-state index contributed by atoms with van der Waals surface area (Å²) in [7, 11) is 2.00. The van der Waals surface area contributed by atoms with Crippen molar-refractivity contribution in [3.8, 4) is 6.07 Å². The van der Waals surface area contributed by atoms with E-state index >= 15 is 0 Å². The number of pyridine rings is 1. The van der Waals surface area contributed by atoms with Crippen LogP contribution < -0.4 is 4.90 Å². The fourth-order valence-corrected chi connectivity index (χ4v) is 1.90. The molecule has 84 valence electrons. The third kappa shape index (κ3) is 2.50. The fourth-order valence-electron chi connectivity index (χ4n) is 1.90. The molecule has 1 aromatic heterocycles. The van der Waals surface area contributed by atoms with Gasteiger partial charge >= 0.3 is 0 Å². The number of hydrogen-bond acceptors (Lipinski definition) is 4. The first-order chi connectivity index (χ1) is 7.79. The van der Waals surface area contributed by atoms with Gasteiger partial charge in [0, 0.05) is 32.3 Å². The SMILES string of the molecule is CN(CC1CCOC1)c1cc(C#N)ccn1. The number of nitriles is 1. The van der Waals surface area contributed by atoms with Crippen molar-refractivity contribution in [2.75, 3.05) is 31.7 Å². The molecule has 1 aliphatic heterocycles. The van der Waals surface area contributed by atoms with Crippen LogP contribution in [0.25, 0.3) is 0 Å². The van der Waals surface area contributed by atoms with Crippen molar-refractivity contribution in [2.24, 2.45) is 5.92 Å². The van der Waals surface area contributed by atoms with E-state index in [4.69, 9.17) is 10.00 Å². The number of rotatable bonds is 3. The smallest absolute Gasteiger partial charge is 0.129 e. The third-order valence-electron chi connectivity index (χ3n) is 2.82. The molecule has 1 aromatic rings. The Morgan fingerprint density at radius 1 is 1.69 bits per heavy atom. The maximum atomic E-state index is 8.81. The van der Waals surface area contributed by atoms with Gasteiger partial charge in [0.25, 0.3) is 0 Å². The third-order valence-corrected chi connectivity index (χ3v) is 2.82. The Bertz CT molecular complexity index is 393. The van der Waals surface area contributed by atoms with Gasteiger partial charge in [0.05, 0.1) is 18.2 Å². The molecule has 1 atom stereocenters. The standard InChI is InChI=1S/C12H15N3O/c1-15(8-11-3-5-16-9-11)12-6-10(7-13)2-4-14-12/h2,4,6,11H,3,5,8-9H2,1H3. The molecule has 4 heteroatoms. The van der Waals surface area contributed by atoms with Crippen LogP contribution in [0, 0.1) is 17.2 Å². The van der Waals surface area contributed by atoms with Crippen LogP contribution in [-0.2, 0) is 4.74 Å². The minimum Gasteiger partial charge on any atom is -0.381 e. The van der Waals surface area contributed by atoms with Crippen molar-refractivity contribution in [2.45, 2.75) is 6.42 Å². The zero-order chi connectivity index (χ0) is 11.4. The summed E-state index contributed by atoms with van der Waals surface area (Å²) in [6.45, 7) is 2.63. The van der Waals surface area contributed by atoms with Crippen molar-refractivity contribution < 1.29 is 4.74 Å². The van der Waals surface area contributed by atoms with Crippen molar-refractivity contribution in [3.05, 3.63) is 23.9 Å². The maximum absolute atomic E-state index is 8.81. The highest BCUT2D eigenvalue weighted by molar-refractivity contribution is 5.44. The van der Waals surface area contributed by atoms with E-state index in [2.05, 4.69) is 16.0 Å². The summed E-state index contributed by atoms with van der Waals surface area (Å²) in [5.74, 6) is 1.43. The number of ether oxygens (including phenoxy) is 1. The van der Waals surface area contributed by atoms with Gasteiger partial charge < -0.3 is 9.64 Å². The van der Waals surface area contributed by atoms with Gasteiger partial charge in [-0.15, -0.1) is 0 Å². The van der Waals surface area contributed by atoms with Gasteiger partial charge in [0.15, 0.2) is 0 Å². The second-order valence-corrected chi connectivity index (χ2v) is 4.12. The lowest BCUT2D eigenvalue weighted by Gasteiger charge is -2.21. The molecule has 1 fully saturated rings. The Labute approximate surface area is 95.5 Å². The highest BCUT2D eigenvalue weighted by Gasteiger charge is 2.18. The van der Waals surface area contributed by atoms with Crippen LogP contribution in [0.1, 0.15) is 12.0 Å². The zero-order valence-electron chi connectivity index (χ0n) is 9.39. The molecule has 0 N–H and O–H groups in total. The average Bonchev–Trinajstić information content (AvgIpc) is 2.82. The highest BCUT2D eigenvalue weighted by atomic mass is 16.5. The van der Waals surface area contributed by atoms with Crippen LogP contribution in [0.15, 0.2) is 18.3 Å². The largest absolute Gasteiger partial charge is 0.381 e. The molecular formula is C12H15N3O. The molecule has 2 heterocycles. The number of aromatic nitrogens is 1. The molecule has 1 aliphatic rings. The predicted octanol–water partition coefficient (Wildman–Crippen LogP) is 1.43. The molecule has 0 bridgehead atoms. The number of anilines is 1. The Morgan fingerprint density at radius 2 is 2.56 bits per heavy atom.